The molecule has 0 aromatic heterocycles. The van der Waals surface area contributed by atoms with Gasteiger partial charge in [0, 0.05) is 0 Å². The second kappa shape index (κ2) is 19.8. The first-order valence-corrected chi connectivity index (χ1v) is 18.7. The minimum atomic E-state index is 0.935. The van der Waals surface area contributed by atoms with Gasteiger partial charge in [-0.2, -0.15) is 0 Å². The molecular weight excluding hydrogens is 625 g/mol. The van der Waals surface area contributed by atoms with Crippen LogP contribution in [0.3, 0.4) is 0 Å². The first-order valence-electron chi connectivity index (χ1n) is 18.7. The molecule has 0 unspecified atom stereocenters. The van der Waals surface area contributed by atoms with Crippen molar-refractivity contribution in [1.82, 2.24) is 0 Å². The van der Waals surface area contributed by atoms with Crippen LogP contribution in [0.15, 0.2) is 159 Å². The van der Waals surface area contributed by atoms with E-state index in [-0.39, 0.29) is 0 Å². The Morgan fingerprint density at radius 2 is 1.46 bits per heavy atom. The lowest BCUT2D eigenvalue weighted by Crippen LogP contribution is -2.32. The second-order valence-electron chi connectivity index (χ2n) is 13.0. The molecule has 3 aliphatic carbocycles. The van der Waals surface area contributed by atoms with Crippen molar-refractivity contribution in [3.63, 3.8) is 0 Å². The molecule has 0 radical (unpaired) electrons. The van der Waals surface area contributed by atoms with Crippen molar-refractivity contribution in [2.45, 2.75) is 67.2 Å². The Morgan fingerprint density at radius 3 is 2.08 bits per heavy atom. The van der Waals surface area contributed by atoms with E-state index in [4.69, 9.17) is 0 Å². The third kappa shape index (κ3) is 9.86. The van der Waals surface area contributed by atoms with E-state index in [2.05, 4.69) is 162 Å². The molecule has 0 atom stereocenters. The molecule has 4 aromatic rings. The van der Waals surface area contributed by atoms with Crippen LogP contribution >= 0.6 is 0 Å². The van der Waals surface area contributed by atoms with E-state index in [1.165, 1.54) is 72.5 Å². The smallest absolute Gasteiger partial charge is 0.00167 e. The number of fused-ring (bicyclic) bond motifs is 3. The number of benzene rings is 4. The Kier molecular flexibility index (Phi) is 15.0. The van der Waals surface area contributed by atoms with Crippen molar-refractivity contribution in [1.29, 1.82) is 0 Å². The van der Waals surface area contributed by atoms with Gasteiger partial charge in [-0.3, -0.25) is 0 Å². The highest BCUT2D eigenvalue weighted by Gasteiger charge is 2.21. The molecule has 4 aromatic carbocycles. The Hall–Kier alpha value is -5.46. The Balaban J connectivity index is 0.000000340. The molecule has 0 nitrogen and oxygen atoms in total. The zero-order valence-corrected chi connectivity index (χ0v) is 32.3. The second-order valence-corrected chi connectivity index (χ2v) is 13.0. The van der Waals surface area contributed by atoms with Gasteiger partial charge in [0.15, 0.2) is 0 Å². The molecule has 0 N–H and O–H groups in total. The molecule has 0 spiro atoms. The average molecular weight is 681 g/mol. The molecule has 0 saturated heterocycles. The summed E-state index contributed by atoms with van der Waals surface area (Å²) < 4.78 is 0. The number of rotatable bonds is 6. The quantitative estimate of drug-likeness (QED) is 0.178. The summed E-state index contributed by atoms with van der Waals surface area (Å²) >= 11 is 0. The van der Waals surface area contributed by atoms with Gasteiger partial charge >= 0.3 is 0 Å². The predicted octanol–water partition coefficient (Wildman–Crippen LogP) is 13.1. The molecule has 0 heteroatoms. The van der Waals surface area contributed by atoms with E-state index >= 15 is 0 Å². The zero-order valence-electron chi connectivity index (χ0n) is 32.3. The van der Waals surface area contributed by atoms with E-state index in [1.807, 2.05) is 39.0 Å². The number of hydrogen-bond donors (Lipinski definition) is 0. The van der Waals surface area contributed by atoms with Crippen molar-refractivity contribution in [3.05, 3.63) is 208 Å². The van der Waals surface area contributed by atoms with Gasteiger partial charge in [0.2, 0.25) is 0 Å². The van der Waals surface area contributed by atoms with Crippen molar-refractivity contribution in [3.8, 4) is 11.1 Å². The van der Waals surface area contributed by atoms with Crippen molar-refractivity contribution >= 4 is 28.9 Å². The first kappa shape index (κ1) is 39.3. The van der Waals surface area contributed by atoms with Crippen LogP contribution in [-0.4, -0.2) is 0 Å². The van der Waals surface area contributed by atoms with Crippen LogP contribution in [0.25, 0.3) is 40.0 Å². The maximum atomic E-state index is 4.37. The number of allylic oxidation sites excluding steroid dienone is 12. The lowest BCUT2D eigenvalue weighted by Gasteiger charge is -2.13. The van der Waals surface area contributed by atoms with Gasteiger partial charge in [0.1, 0.15) is 0 Å². The summed E-state index contributed by atoms with van der Waals surface area (Å²) in [4.78, 5) is 0. The standard InChI is InChI=1S/C37H32.C8H10.C5H8.C2H6/c1-4-26-10-8-12-36-30(20-15-27(5-2)37(26)36)14-13-25(3)28-16-18-29(19-17-28)31-21-22-35-33(23-31)24-32-9-6-7-11-34(32)35;1-7-3-5-8(2)6-4-7;1-3-5-4-2;1-2/h4-6,8-10,13-23H,1,3,7,11-12,24H2,2H3;3-6H,1-2H3;3-5H,1H2,2H3;1-2H3/b14-13-,27-5-;;5-4-;. The largest absolute Gasteiger partial charge is 0.0991 e. The molecule has 7 rings (SSSR count). The summed E-state index contributed by atoms with van der Waals surface area (Å²) in [7, 11) is 0. The molecule has 52 heavy (non-hydrogen) atoms. The van der Waals surface area contributed by atoms with E-state index in [0.717, 1.165) is 30.4 Å². The fourth-order valence-electron chi connectivity index (χ4n) is 6.74. The zero-order chi connectivity index (χ0) is 37.5. The summed E-state index contributed by atoms with van der Waals surface area (Å²) in [5.74, 6) is 0. The summed E-state index contributed by atoms with van der Waals surface area (Å²) in [5.41, 5.74) is 17.1. The molecule has 3 aliphatic rings. The molecule has 0 heterocycles. The predicted molar refractivity (Wildman–Crippen MR) is 233 cm³/mol. The van der Waals surface area contributed by atoms with Crippen LogP contribution in [0.1, 0.15) is 79.5 Å². The van der Waals surface area contributed by atoms with Gasteiger partial charge in [-0.1, -0.05) is 190 Å². The highest BCUT2D eigenvalue weighted by atomic mass is 14.3. The monoisotopic (exact) mass is 680 g/mol. The third-order valence-electron chi connectivity index (χ3n) is 9.50. The van der Waals surface area contributed by atoms with Crippen LogP contribution in [-0.2, 0) is 12.8 Å². The summed E-state index contributed by atoms with van der Waals surface area (Å²) in [6, 6.07) is 28.7. The summed E-state index contributed by atoms with van der Waals surface area (Å²) in [6.07, 6.45) is 27.4. The van der Waals surface area contributed by atoms with Crippen molar-refractivity contribution in [2.75, 3.05) is 0 Å². The van der Waals surface area contributed by atoms with Gasteiger partial charge in [0.05, 0.1) is 0 Å². The van der Waals surface area contributed by atoms with E-state index in [1.54, 1.807) is 11.6 Å². The summed E-state index contributed by atoms with van der Waals surface area (Å²) in [5, 5.41) is 2.57. The lowest BCUT2D eigenvalue weighted by atomic mass is 9.92. The van der Waals surface area contributed by atoms with Crippen molar-refractivity contribution in [2.24, 2.45) is 0 Å². The average Bonchev–Trinajstić information content (AvgIpc) is 3.57. The van der Waals surface area contributed by atoms with Gasteiger partial charge in [-0.05, 0) is 125 Å². The topological polar surface area (TPSA) is 0 Å². The van der Waals surface area contributed by atoms with Gasteiger partial charge < -0.3 is 0 Å². The fraction of sp³-hybridized carbons (Fsp3) is 0.192. The fourth-order valence-corrected chi connectivity index (χ4v) is 6.74. The minimum Gasteiger partial charge on any atom is -0.0991 e. The maximum Gasteiger partial charge on any atom is -0.00167 e. The highest BCUT2D eigenvalue weighted by molar-refractivity contribution is 5.83. The van der Waals surface area contributed by atoms with Crippen LogP contribution < -0.4 is 10.4 Å². The Morgan fingerprint density at radius 1 is 0.769 bits per heavy atom. The molecular formula is C52H56. The van der Waals surface area contributed by atoms with Gasteiger partial charge in [-0.25, -0.2) is 0 Å². The minimum absolute atomic E-state index is 0.935. The Bertz CT molecular complexity index is 2130. The third-order valence-corrected chi connectivity index (χ3v) is 9.50. The van der Waals surface area contributed by atoms with E-state index < -0.39 is 0 Å². The molecule has 264 valence electrons. The first-order chi connectivity index (χ1) is 25.4. The molecule has 0 bridgehead atoms. The van der Waals surface area contributed by atoms with Gasteiger partial charge in [-0.15, -0.1) is 0 Å². The normalized spacial score (nSPS) is 14.0. The van der Waals surface area contributed by atoms with Crippen LogP contribution in [0.4, 0.5) is 0 Å². The molecule has 0 fully saturated rings. The van der Waals surface area contributed by atoms with E-state index in [0.29, 0.717) is 0 Å². The van der Waals surface area contributed by atoms with Crippen LogP contribution in [0.5, 0.6) is 0 Å². The highest BCUT2D eigenvalue weighted by Crippen LogP contribution is 2.40. The molecule has 0 aliphatic heterocycles. The van der Waals surface area contributed by atoms with E-state index in [9.17, 15) is 0 Å². The van der Waals surface area contributed by atoms with Crippen LogP contribution in [0, 0.1) is 13.8 Å². The number of aryl methyl sites for hydroxylation is 2. The maximum absolute atomic E-state index is 4.37. The number of hydrogen-bond acceptors (Lipinski definition) is 0. The van der Waals surface area contributed by atoms with Gasteiger partial charge in [0.25, 0.3) is 0 Å². The van der Waals surface area contributed by atoms with Crippen molar-refractivity contribution < 1.29 is 0 Å². The lowest BCUT2D eigenvalue weighted by molar-refractivity contribution is 1.04. The molecule has 0 saturated carbocycles. The van der Waals surface area contributed by atoms with Crippen LogP contribution in [0.2, 0.25) is 0 Å². The Labute approximate surface area is 314 Å². The molecule has 0 amide bonds. The summed E-state index contributed by atoms with van der Waals surface area (Å²) in [6.45, 7) is 24.1. The SMILES string of the molecule is C=C/C=C\C.C=CC1=c2c(c(/C=C\C(=C)c3ccc(-c4ccc5c(c4)CC4=C5CCC=C4)cc3)cc/c2=C/C)CC=C1.CC.Cc1ccc(C)cc1.